The lowest BCUT2D eigenvalue weighted by Crippen LogP contribution is -2.58. The maximum Gasteiger partial charge on any atom is 0.0974 e. The summed E-state index contributed by atoms with van der Waals surface area (Å²) in [6, 6.07) is 0. The SMILES string of the molecule is CCCCCCN1C=CN(C)C1C.[O-][Cl+3]([O-])([O-])O. The van der Waals surface area contributed by atoms with Crippen LogP contribution in [-0.2, 0) is 0 Å². The van der Waals surface area contributed by atoms with Gasteiger partial charge in [0.25, 0.3) is 0 Å². The van der Waals surface area contributed by atoms with Gasteiger partial charge in [0.2, 0.25) is 0 Å². The maximum absolute atomic E-state index is 8.60. The van der Waals surface area contributed by atoms with Gasteiger partial charge < -0.3 is 9.80 Å². The molecule has 0 aromatic rings. The summed E-state index contributed by atoms with van der Waals surface area (Å²) in [7, 11) is -2.56. The zero-order valence-electron chi connectivity index (χ0n) is 11.2. The van der Waals surface area contributed by atoms with Crippen molar-refractivity contribution < 1.29 is 28.9 Å². The molecule has 0 spiro atoms. The van der Waals surface area contributed by atoms with Crippen LogP contribution in [0.3, 0.4) is 0 Å². The van der Waals surface area contributed by atoms with Gasteiger partial charge in [0.1, 0.15) is 0 Å². The van der Waals surface area contributed by atoms with Crippen molar-refractivity contribution in [2.45, 2.75) is 45.7 Å². The highest BCUT2D eigenvalue weighted by Crippen LogP contribution is 2.14. The fourth-order valence-corrected chi connectivity index (χ4v) is 1.66. The van der Waals surface area contributed by atoms with E-state index < -0.39 is 10.2 Å². The highest BCUT2D eigenvalue weighted by molar-refractivity contribution is 4.93. The van der Waals surface area contributed by atoms with Crippen LogP contribution in [0.4, 0.5) is 0 Å². The summed E-state index contributed by atoms with van der Waals surface area (Å²) < 4.78 is 32.7. The summed E-state index contributed by atoms with van der Waals surface area (Å²) in [4.78, 5) is 4.66. The number of hydrogen-bond acceptors (Lipinski definition) is 6. The molecule has 108 valence electrons. The molecule has 1 heterocycles. The molecule has 1 aliphatic heterocycles. The molecule has 1 rings (SSSR count). The zero-order valence-corrected chi connectivity index (χ0v) is 12.0. The van der Waals surface area contributed by atoms with Crippen molar-refractivity contribution in [1.29, 1.82) is 0 Å². The summed E-state index contributed by atoms with van der Waals surface area (Å²) in [6.45, 7) is 5.72. The minimum atomic E-state index is -4.69. The average Bonchev–Trinajstić information content (AvgIpc) is 2.53. The maximum atomic E-state index is 8.60. The predicted molar refractivity (Wildman–Crippen MR) is 59.4 cm³/mol. The third-order valence-electron chi connectivity index (χ3n) is 2.83. The number of nitrogens with zero attached hydrogens (tertiary/aromatic N) is 2. The van der Waals surface area contributed by atoms with E-state index in [-0.39, 0.29) is 0 Å². The summed E-state index contributed by atoms with van der Waals surface area (Å²) in [6.07, 6.45) is 10.3. The molecule has 0 bridgehead atoms. The van der Waals surface area contributed by atoms with Crippen LogP contribution in [0, 0.1) is 10.2 Å². The van der Waals surface area contributed by atoms with E-state index in [1.165, 1.54) is 32.2 Å². The zero-order chi connectivity index (χ0) is 14.2. The van der Waals surface area contributed by atoms with Crippen LogP contribution in [0.1, 0.15) is 39.5 Å². The van der Waals surface area contributed by atoms with Crippen LogP contribution >= 0.6 is 0 Å². The van der Waals surface area contributed by atoms with Gasteiger partial charge in [-0.15, -0.1) is 0 Å². The molecule has 0 aliphatic carbocycles. The van der Waals surface area contributed by atoms with Gasteiger partial charge >= 0.3 is 0 Å². The summed E-state index contributed by atoms with van der Waals surface area (Å²) in [5, 5.41) is 0. The molecule has 0 aromatic carbocycles. The van der Waals surface area contributed by atoms with Crippen LogP contribution in [0.25, 0.3) is 0 Å². The number of unbranched alkanes of at least 4 members (excludes halogenated alkanes) is 3. The van der Waals surface area contributed by atoms with E-state index in [1.807, 2.05) is 0 Å². The Morgan fingerprint density at radius 3 is 2.11 bits per heavy atom. The number of rotatable bonds is 5. The Kier molecular flexibility index (Phi) is 8.30. The van der Waals surface area contributed by atoms with Crippen LogP contribution in [0.15, 0.2) is 12.4 Å². The van der Waals surface area contributed by atoms with Gasteiger partial charge in [-0.2, -0.15) is 14.0 Å². The highest BCUT2D eigenvalue weighted by Gasteiger charge is 2.16. The molecule has 0 fully saturated rings. The van der Waals surface area contributed by atoms with Gasteiger partial charge in [-0.3, -0.25) is 0 Å². The largest absolute Gasteiger partial charge is 0.359 e. The first kappa shape index (κ1) is 17.5. The third-order valence-corrected chi connectivity index (χ3v) is 2.83. The van der Waals surface area contributed by atoms with Crippen LogP contribution < -0.4 is 14.0 Å². The fourth-order valence-electron chi connectivity index (χ4n) is 1.66. The Hall–Kier alpha value is -0.530. The average molecular weight is 283 g/mol. The van der Waals surface area contributed by atoms with Gasteiger partial charge in [-0.1, -0.05) is 26.2 Å². The summed E-state index contributed by atoms with van der Waals surface area (Å²) >= 11 is 0. The Morgan fingerprint density at radius 1 is 1.17 bits per heavy atom. The van der Waals surface area contributed by atoms with Gasteiger partial charge in [-0.25, -0.2) is 0 Å². The smallest absolute Gasteiger partial charge is 0.0974 e. The summed E-state index contributed by atoms with van der Waals surface area (Å²) in [5.41, 5.74) is 0. The third kappa shape index (κ3) is 9.49. The van der Waals surface area contributed by atoms with Crippen molar-refractivity contribution in [3.8, 4) is 0 Å². The molecule has 0 amide bonds. The molecule has 7 heteroatoms. The van der Waals surface area contributed by atoms with Crippen molar-refractivity contribution in [2.75, 3.05) is 13.6 Å². The van der Waals surface area contributed by atoms with Gasteiger partial charge in [0.05, 0.1) is 21.1 Å². The highest BCUT2D eigenvalue weighted by atomic mass is 35.7. The Bertz CT molecular complexity index is 240. The lowest BCUT2D eigenvalue weighted by Gasteiger charge is -2.26. The Labute approximate surface area is 111 Å². The van der Waals surface area contributed by atoms with Crippen molar-refractivity contribution in [1.82, 2.24) is 9.80 Å². The lowest BCUT2D eigenvalue weighted by molar-refractivity contribution is -1.92. The van der Waals surface area contributed by atoms with Crippen molar-refractivity contribution >= 4 is 0 Å². The molecule has 0 aromatic heterocycles. The van der Waals surface area contributed by atoms with Crippen LogP contribution in [-0.4, -0.2) is 34.2 Å². The minimum absolute atomic E-state index is 0.557. The second-order valence-corrected chi connectivity index (χ2v) is 5.08. The van der Waals surface area contributed by atoms with Gasteiger partial charge in [0, 0.05) is 26.0 Å². The monoisotopic (exact) mass is 282 g/mol. The molecule has 1 aliphatic rings. The molecule has 18 heavy (non-hydrogen) atoms. The van der Waals surface area contributed by atoms with Crippen molar-refractivity contribution in [3.05, 3.63) is 12.4 Å². The van der Waals surface area contributed by atoms with E-state index in [9.17, 15) is 0 Å². The van der Waals surface area contributed by atoms with E-state index in [4.69, 9.17) is 18.6 Å². The molecule has 1 unspecified atom stereocenters. The Balaban J connectivity index is 0.000000494. The van der Waals surface area contributed by atoms with E-state index in [2.05, 4.69) is 43.1 Å². The van der Waals surface area contributed by atoms with E-state index >= 15 is 0 Å². The molecule has 0 saturated carbocycles. The van der Waals surface area contributed by atoms with E-state index in [0.717, 1.165) is 0 Å². The minimum Gasteiger partial charge on any atom is -0.359 e. The molecule has 6 nitrogen and oxygen atoms in total. The van der Waals surface area contributed by atoms with Gasteiger partial charge in [0.15, 0.2) is 0 Å². The number of hydrogen-bond donors (Lipinski definition) is 1. The van der Waals surface area contributed by atoms with Crippen molar-refractivity contribution in [3.63, 3.8) is 0 Å². The molecule has 1 N–H and O–H groups in total. The normalized spacial score (nSPS) is 18.9. The number of halogens is 1. The second-order valence-electron chi connectivity index (χ2n) is 4.29. The molecular formula is C11H23ClN2O4. The van der Waals surface area contributed by atoms with Crippen LogP contribution in [0.2, 0.25) is 0 Å². The van der Waals surface area contributed by atoms with E-state index in [0.29, 0.717) is 6.17 Å². The fraction of sp³-hybridized carbons (Fsp3) is 0.818. The molecule has 0 saturated heterocycles. The lowest BCUT2D eigenvalue weighted by atomic mass is 10.2. The molecule has 0 radical (unpaired) electrons. The summed E-state index contributed by atoms with van der Waals surface area (Å²) in [5.74, 6) is 0. The first-order valence-electron chi connectivity index (χ1n) is 6.05. The van der Waals surface area contributed by atoms with E-state index in [1.54, 1.807) is 0 Å². The molecular weight excluding hydrogens is 260 g/mol. The van der Waals surface area contributed by atoms with Crippen LogP contribution in [0.5, 0.6) is 0 Å². The standard InChI is InChI=1S/C11H22N2.ClHO4/c1-4-5-6-7-8-13-10-9-12(3)11(13)2;2-1(3,4)5/h9-11H,4-8H2,1-3H3;(H,2,3,4,5). The van der Waals surface area contributed by atoms with Gasteiger partial charge in [-0.05, 0) is 13.3 Å². The van der Waals surface area contributed by atoms with Crippen molar-refractivity contribution in [2.24, 2.45) is 0 Å². The topological polar surface area (TPSA) is 95.9 Å². The Morgan fingerprint density at radius 2 is 1.72 bits per heavy atom. The first-order chi connectivity index (χ1) is 8.25. The second kappa shape index (κ2) is 8.55. The predicted octanol–water partition coefficient (Wildman–Crippen LogP) is -1.49. The molecule has 1 atom stereocenters. The quantitative estimate of drug-likeness (QED) is 0.617. The first-order valence-corrected chi connectivity index (χ1v) is 7.31.